The van der Waals surface area contributed by atoms with Crippen LogP contribution in [0.1, 0.15) is 11.1 Å². The number of thiophene rings is 1. The maximum absolute atomic E-state index is 9.72. The number of para-hydroxylation sites is 1. The zero-order valence-electron chi connectivity index (χ0n) is 28.4. The summed E-state index contributed by atoms with van der Waals surface area (Å²) in [5, 5.41) is 29.5. The number of hydrogen-bond acceptors (Lipinski definition) is 3. The summed E-state index contributed by atoms with van der Waals surface area (Å²) in [5.74, 6) is 0. The van der Waals surface area contributed by atoms with Gasteiger partial charge in [0.2, 0.25) is 0 Å². The maximum Gasteiger partial charge on any atom is 0.113 e. The summed E-state index contributed by atoms with van der Waals surface area (Å²) in [7, 11) is -1.98. The van der Waals surface area contributed by atoms with Crippen LogP contribution in [0.2, 0.25) is 13.1 Å². The monoisotopic (exact) mass is 696 g/mol. The summed E-state index contributed by atoms with van der Waals surface area (Å²) < 4.78 is 7.38. The van der Waals surface area contributed by atoms with Crippen molar-refractivity contribution < 1.29 is 0 Å². The fourth-order valence-electron chi connectivity index (χ4n) is 9.02. The van der Waals surface area contributed by atoms with Crippen LogP contribution in [0.15, 0.2) is 133 Å². The second kappa shape index (κ2) is 10.3. The molecule has 0 radical (unpaired) electrons. The lowest BCUT2D eigenvalue weighted by Crippen LogP contribution is -2.49. The molecular formula is C46H28N4SSi. The molecule has 242 valence electrons. The van der Waals surface area contributed by atoms with E-state index in [1.807, 2.05) is 47.7 Å². The van der Waals surface area contributed by atoms with Gasteiger partial charge < -0.3 is 9.13 Å². The van der Waals surface area contributed by atoms with Crippen LogP contribution in [0.3, 0.4) is 0 Å². The molecule has 0 fully saturated rings. The van der Waals surface area contributed by atoms with Crippen LogP contribution in [-0.2, 0) is 0 Å². The zero-order chi connectivity index (χ0) is 34.9. The van der Waals surface area contributed by atoms with Crippen molar-refractivity contribution in [2.24, 2.45) is 0 Å². The van der Waals surface area contributed by atoms with Crippen LogP contribution in [0.25, 0.3) is 86.3 Å². The normalized spacial score (nSPS) is 13.3. The standard InChI is InChI=1S/C46H28N4SSi/c1-52(2)43-19-13-29(49-38-15-11-27(25-47)21-33(38)34-22-28(26-48)12-16-39(34)49)23-35(43)36-24-30(14-20-44(36)52)50-37-9-5-3-7-31(37)45-40(50)17-18-42-46(45)32-8-4-6-10-41(32)51-42/h3-24H,1-2H3. The van der Waals surface area contributed by atoms with Gasteiger partial charge in [-0.1, -0.05) is 61.6 Å². The average Bonchev–Trinajstić information content (AvgIpc) is 3.89. The van der Waals surface area contributed by atoms with Gasteiger partial charge in [-0.2, -0.15) is 10.5 Å². The Kier molecular flexibility index (Phi) is 5.81. The number of aromatic nitrogens is 2. The Labute approximate surface area is 304 Å². The van der Waals surface area contributed by atoms with E-state index in [0.717, 1.165) is 33.2 Å². The van der Waals surface area contributed by atoms with Crippen molar-refractivity contribution in [3.05, 3.63) is 145 Å². The molecule has 10 aromatic rings. The van der Waals surface area contributed by atoms with Crippen molar-refractivity contribution >= 4 is 93.6 Å². The van der Waals surface area contributed by atoms with Gasteiger partial charge in [-0.05, 0) is 106 Å². The van der Waals surface area contributed by atoms with Crippen LogP contribution in [0, 0.1) is 22.7 Å². The van der Waals surface area contributed by atoms with E-state index in [1.54, 1.807) is 0 Å². The van der Waals surface area contributed by atoms with Gasteiger partial charge in [0.05, 0.1) is 45.3 Å². The van der Waals surface area contributed by atoms with Crippen molar-refractivity contribution in [1.29, 1.82) is 10.5 Å². The van der Waals surface area contributed by atoms with Gasteiger partial charge >= 0.3 is 0 Å². The Balaban J connectivity index is 1.16. The summed E-state index contributed by atoms with van der Waals surface area (Å²) in [5.41, 5.74) is 10.5. The largest absolute Gasteiger partial charge is 0.309 e. The number of nitrogens with zero attached hydrogens (tertiary/aromatic N) is 4. The van der Waals surface area contributed by atoms with Crippen molar-refractivity contribution in [3.8, 4) is 34.6 Å². The van der Waals surface area contributed by atoms with E-state index in [0.29, 0.717) is 11.1 Å². The predicted molar refractivity (Wildman–Crippen MR) is 220 cm³/mol. The van der Waals surface area contributed by atoms with Crippen molar-refractivity contribution in [2.45, 2.75) is 13.1 Å². The second-order valence-corrected chi connectivity index (χ2v) is 19.8. The molecule has 4 nitrogen and oxygen atoms in total. The summed E-state index contributed by atoms with van der Waals surface area (Å²) in [4.78, 5) is 0. The topological polar surface area (TPSA) is 57.4 Å². The highest BCUT2D eigenvalue weighted by Crippen LogP contribution is 2.44. The van der Waals surface area contributed by atoms with Gasteiger partial charge in [-0.15, -0.1) is 11.3 Å². The van der Waals surface area contributed by atoms with Gasteiger partial charge in [0, 0.05) is 53.1 Å². The summed E-state index contributed by atoms with van der Waals surface area (Å²) >= 11 is 1.87. The molecule has 1 aliphatic heterocycles. The van der Waals surface area contributed by atoms with Gasteiger partial charge in [-0.25, -0.2) is 0 Å². The van der Waals surface area contributed by atoms with Crippen LogP contribution >= 0.6 is 11.3 Å². The number of benzene rings is 7. The van der Waals surface area contributed by atoms with E-state index >= 15 is 0 Å². The van der Waals surface area contributed by atoms with Crippen LogP contribution in [-0.4, -0.2) is 17.2 Å². The van der Waals surface area contributed by atoms with Crippen molar-refractivity contribution in [1.82, 2.24) is 9.13 Å². The molecule has 3 aromatic heterocycles. The molecule has 0 N–H and O–H groups in total. The smallest absolute Gasteiger partial charge is 0.113 e. The molecule has 0 spiro atoms. The molecule has 0 bridgehead atoms. The fourth-order valence-corrected chi connectivity index (χ4v) is 13.2. The first kappa shape index (κ1) is 29.3. The summed E-state index contributed by atoms with van der Waals surface area (Å²) in [6.45, 7) is 4.92. The first-order valence-corrected chi connectivity index (χ1v) is 21.3. The molecule has 7 aromatic carbocycles. The minimum absolute atomic E-state index is 0.607. The molecule has 11 rings (SSSR count). The van der Waals surface area contributed by atoms with E-state index in [1.165, 1.54) is 63.5 Å². The molecular weight excluding hydrogens is 669 g/mol. The third-order valence-corrected chi connectivity index (χ3v) is 16.1. The molecule has 0 saturated heterocycles. The number of fused-ring (bicyclic) bond motifs is 13. The van der Waals surface area contributed by atoms with E-state index < -0.39 is 8.07 Å². The summed E-state index contributed by atoms with van der Waals surface area (Å²) in [6, 6.07) is 52.6. The molecule has 0 amide bonds. The predicted octanol–water partition coefficient (Wildman–Crippen LogP) is 10.8. The van der Waals surface area contributed by atoms with E-state index in [4.69, 9.17) is 0 Å². The van der Waals surface area contributed by atoms with Gasteiger partial charge in [0.1, 0.15) is 8.07 Å². The van der Waals surface area contributed by atoms with Gasteiger partial charge in [-0.3, -0.25) is 0 Å². The Bertz CT molecular complexity index is 3240. The molecule has 6 heteroatoms. The van der Waals surface area contributed by atoms with Crippen LogP contribution in [0.4, 0.5) is 0 Å². The Morgan fingerprint density at radius 1 is 0.481 bits per heavy atom. The Hall–Kier alpha value is -6.44. The Morgan fingerprint density at radius 2 is 1.02 bits per heavy atom. The third kappa shape index (κ3) is 3.78. The lowest BCUT2D eigenvalue weighted by Gasteiger charge is -2.19. The zero-order valence-corrected chi connectivity index (χ0v) is 30.2. The molecule has 4 heterocycles. The van der Waals surface area contributed by atoms with E-state index in [2.05, 4.69) is 131 Å². The number of hydrogen-bond donors (Lipinski definition) is 0. The SMILES string of the molecule is C[Si]1(C)c2ccc(-n3c4ccc(C#N)cc4c4cc(C#N)ccc43)cc2-c2cc(-n3c4ccccc4c4c5c(ccc43)sc3ccccc35)ccc21. The van der Waals surface area contributed by atoms with Crippen molar-refractivity contribution in [2.75, 3.05) is 0 Å². The van der Waals surface area contributed by atoms with E-state index in [-0.39, 0.29) is 0 Å². The Morgan fingerprint density at radius 3 is 1.65 bits per heavy atom. The average molecular weight is 697 g/mol. The highest BCUT2D eigenvalue weighted by molar-refractivity contribution is 7.26. The minimum Gasteiger partial charge on any atom is -0.309 e. The summed E-state index contributed by atoms with van der Waals surface area (Å²) in [6.07, 6.45) is 0. The molecule has 0 unspecified atom stereocenters. The first-order valence-electron chi connectivity index (χ1n) is 17.5. The van der Waals surface area contributed by atoms with Crippen LogP contribution < -0.4 is 10.4 Å². The lowest BCUT2D eigenvalue weighted by molar-refractivity contribution is 1.18. The highest BCUT2D eigenvalue weighted by atomic mass is 32.1. The highest BCUT2D eigenvalue weighted by Gasteiger charge is 2.38. The lowest BCUT2D eigenvalue weighted by atomic mass is 10.0. The van der Waals surface area contributed by atoms with Crippen LogP contribution in [0.5, 0.6) is 0 Å². The van der Waals surface area contributed by atoms with Gasteiger partial charge in [0.25, 0.3) is 0 Å². The number of nitriles is 2. The minimum atomic E-state index is -1.98. The van der Waals surface area contributed by atoms with E-state index in [9.17, 15) is 10.5 Å². The number of rotatable bonds is 2. The molecule has 0 aliphatic carbocycles. The first-order chi connectivity index (χ1) is 25.4. The molecule has 1 aliphatic rings. The fraction of sp³-hybridized carbons (Fsp3) is 0.0435. The quantitative estimate of drug-likeness (QED) is 0.169. The van der Waals surface area contributed by atoms with Crippen molar-refractivity contribution in [3.63, 3.8) is 0 Å². The third-order valence-electron chi connectivity index (χ3n) is 11.4. The maximum atomic E-state index is 9.72. The molecule has 52 heavy (non-hydrogen) atoms. The second-order valence-electron chi connectivity index (χ2n) is 14.4. The molecule has 0 atom stereocenters. The molecule has 0 saturated carbocycles. The van der Waals surface area contributed by atoms with Gasteiger partial charge in [0.15, 0.2) is 0 Å².